The summed E-state index contributed by atoms with van der Waals surface area (Å²) in [6.45, 7) is 3.94. The first kappa shape index (κ1) is 10.7. The third-order valence-corrected chi connectivity index (χ3v) is 2.79. The summed E-state index contributed by atoms with van der Waals surface area (Å²) in [4.78, 5) is 8.80. The highest BCUT2D eigenvalue weighted by Crippen LogP contribution is 2.18. The normalized spacial score (nSPS) is 11.0. The second-order valence-corrected chi connectivity index (χ2v) is 4.31. The van der Waals surface area contributed by atoms with E-state index >= 15 is 0 Å². The number of aromatic nitrogens is 4. The summed E-state index contributed by atoms with van der Waals surface area (Å²) in [6, 6.07) is 9.48. The molecule has 0 aliphatic rings. The molecular weight excluding hydrogens is 226 g/mol. The Kier molecular flexibility index (Phi) is 2.26. The van der Waals surface area contributed by atoms with Gasteiger partial charge >= 0.3 is 0 Å². The first-order valence-electron chi connectivity index (χ1n) is 5.70. The van der Waals surface area contributed by atoms with Crippen molar-refractivity contribution in [3.05, 3.63) is 41.7 Å². The van der Waals surface area contributed by atoms with Gasteiger partial charge in [-0.2, -0.15) is 4.98 Å². The molecule has 0 aliphatic carbocycles. The Bertz CT molecular complexity index is 712. The molecule has 2 N–H and O–H groups in total. The zero-order chi connectivity index (χ0) is 12.7. The number of hydrogen-bond acceptors (Lipinski definition) is 4. The van der Waals surface area contributed by atoms with Crippen molar-refractivity contribution in [1.82, 2.24) is 19.6 Å². The summed E-state index contributed by atoms with van der Waals surface area (Å²) in [5.74, 6) is 1.29. The molecule has 0 aliphatic heterocycles. The maximum absolute atomic E-state index is 5.67. The van der Waals surface area contributed by atoms with Gasteiger partial charge in [0.05, 0.1) is 0 Å². The molecule has 18 heavy (non-hydrogen) atoms. The van der Waals surface area contributed by atoms with E-state index in [1.807, 2.05) is 44.2 Å². The van der Waals surface area contributed by atoms with E-state index < -0.39 is 0 Å². The van der Waals surface area contributed by atoms with Gasteiger partial charge in [0.15, 0.2) is 5.82 Å². The Hall–Kier alpha value is -2.43. The fourth-order valence-corrected chi connectivity index (χ4v) is 1.92. The minimum Gasteiger partial charge on any atom is -0.399 e. The first-order chi connectivity index (χ1) is 8.63. The molecule has 0 saturated heterocycles. The van der Waals surface area contributed by atoms with Crippen LogP contribution in [0.3, 0.4) is 0 Å². The highest BCUT2D eigenvalue weighted by atomic mass is 15.3. The maximum atomic E-state index is 5.67. The van der Waals surface area contributed by atoms with Crippen molar-refractivity contribution in [3.8, 4) is 11.4 Å². The average molecular weight is 239 g/mol. The number of benzene rings is 1. The van der Waals surface area contributed by atoms with Gasteiger partial charge in [0, 0.05) is 22.6 Å². The molecule has 5 nitrogen and oxygen atoms in total. The predicted molar refractivity (Wildman–Crippen MR) is 70.1 cm³/mol. The van der Waals surface area contributed by atoms with Crippen LogP contribution < -0.4 is 5.73 Å². The van der Waals surface area contributed by atoms with Crippen molar-refractivity contribution in [3.63, 3.8) is 0 Å². The van der Waals surface area contributed by atoms with E-state index in [-0.39, 0.29) is 0 Å². The number of anilines is 1. The van der Waals surface area contributed by atoms with Crippen molar-refractivity contribution in [1.29, 1.82) is 0 Å². The lowest BCUT2D eigenvalue weighted by atomic mass is 10.2. The molecule has 3 aromatic rings. The predicted octanol–water partition coefficient (Wildman–Crippen LogP) is 1.99. The standard InChI is InChI=1S/C13H13N5/c1-8-7-9(2)18-13(15-8)16-12(17-18)10-3-5-11(14)6-4-10/h3-7H,14H2,1-2H3. The van der Waals surface area contributed by atoms with Crippen LogP contribution in [0.4, 0.5) is 5.69 Å². The minimum atomic E-state index is 0.624. The van der Waals surface area contributed by atoms with Gasteiger partial charge in [0.2, 0.25) is 0 Å². The second kappa shape index (κ2) is 3.80. The van der Waals surface area contributed by atoms with Gasteiger partial charge in [-0.15, -0.1) is 5.10 Å². The largest absolute Gasteiger partial charge is 0.399 e. The number of aryl methyl sites for hydroxylation is 2. The molecule has 90 valence electrons. The Morgan fingerprint density at radius 1 is 1.06 bits per heavy atom. The van der Waals surface area contributed by atoms with E-state index in [1.165, 1.54) is 0 Å². The molecule has 0 amide bonds. The van der Waals surface area contributed by atoms with Crippen LogP contribution in [-0.2, 0) is 0 Å². The fraction of sp³-hybridized carbons (Fsp3) is 0.154. The van der Waals surface area contributed by atoms with E-state index in [0.29, 0.717) is 11.6 Å². The molecule has 2 aromatic heterocycles. The molecule has 0 saturated carbocycles. The average Bonchev–Trinajstić information content (AvgIpc) is 2.74. The summed E-state index contributed by atoms with van der Waals surface area (Å²) < 4.78 is 1.75. The molecule has 0 bridgehead atoms. The van der Waals surface area contributed by atoms with Gasteiger partial charge in [-0.3, -0.25) is 0 Å². The first-order valence-corrected chi connectivity index (χ1v) is 5.70. The molecule has 2 heterocycles. The number of fused-ring (bicyclic) bond motifs is 1. The van der Waals surface area contributed by atoms with Crippen LogP contribution in [0.5, 0.6) is 0 Å². The van der Waals surface area contributed by atoms with Gasteiger partial charge in [0.1, 0.15) is 0 Å². The van der Waals surface area contributed by atoms with Crippen LogP contribution in [0.2, 0.25) is 0 Å². The van der Waals surface area contributed by atoms with Gasteiger partial charge in [0.25, 0.3) is 5.78 Å². The Morgan fingerprint density at radius 3 is 2.50 bits per heavy atom. The SMILES string of the molecule is Cc1cc(C)n2nc(-c3ccc(N)cc3)nc2n1. The Labute approximate surface area is 104 Å². The Balaban J connectivity index is 2.19. The van der Waals surface area contributed by atoms with Crippen molar-refractivity contribution in [2.75, 3.05) is 5.73 Å². The summed E-state index contributed by atoms with van der Waals surface area (Å²) in [6.07, 6.45) is 0. The fourth-order valence-electron chi connectivity index (χ4n) is 1.92. The summed E-state index contributed by atoms with van der Waals surface area (Å²) in [5.41, 5.74) is 9.29. The quantitative estimate of drug-likeness (QED) is 0.659. The number of nitrogen functional groups attached to an aromatic ring is 1. The molecule has 3 rings (SSSR count). The lowest BCUT2D eigenvalue weighted by Gasteiger charge is -1.97. The molecule has 5 heteroatoms. The lowest BCUT2D eigenvalue weighted by molar-refractivity contribution is 0.888. The van der Waals surface area contributed by atoms with Crippen molar-refractivity contribution in [2.24, 2.45) is 0 Å². The van der Waals surface area contributed by atoms with E-state index in [1.54, 1.807) is 4.52 Å². The minimum absolute atomic E-state index is 0.624. The van der Waals surface area contributed by atoms with Crippen LogP contribution in [0.1, 0.15) is 11.4 Å². The van der Waals surface area contributed by atoms with E-state index in [4.69, 9.17) is 5.73 Å². The maximum Gasteiger partial charge on any atom is 0.253 e. The number of nitrogens with zero attached hydrogens (tertiary/aromatic N) is 4. The summed E-state index contributed by atoms with van der Waals surface area (Å²) in [7, 11) is 0. The zero-order valence-electron chi connectivity index (χ0n) is 10.3. The molecule has 0 atom stereocenters. The van der Waals surface area contributed by atoms with Crippen LogP contribution in [0.15, 0.2) is 30.3 Å². The molecule has 0 spiro atoms. The van der Waals surface area contributed by atoms with E-state index in [2.05, 4.69) is 15.1 Å². The highest BCUT2D eigenvalue weighted by molar-refractivity contribution is 5.60. The van der Waals surface area contributed by atoms with E-state index in [0.717, 1.165) is 22.6 Å². The van der Waals surface area contributed by atoms with Crippen LogP contribution >= 0.6 is 0 Å². The van der Waals surface area contributed by atoms with Crippen molar-refractivity contribution < 1.29 is 0 Å². The van der Waals surface area contributed by atoms with Gasteiger partial charge in [-0.25, -0.2) is 9.50 Å². The lowest BCUT2D eigenvalue weighted by Crippen LogP contribution is -1.97. The van der Waals surface area contributed by atoms with Gasteiger partial charge in [-0.05, 0) is 44.2 Å². The zero-order valence-corrected chi connectivity index (χ0v) is 10.3. The molecular formula is C13H13N5. The molecule has 0 radical (unpaired) electrons. The molecule has 0 unspecified atom stereocenters. The van der Waals surface area contributed by atoms with Gasteiger partial charge < -0.3 is 5.73 Å². The highest BCUT2D eigenvalue weighted by Gasteiger charge is 2.09. The van der Waals surface area contributed by atoms with E-state index in [9.17, 15) is 0 Å². The third-order valence-electron chi connectivity index (χ3n) is 2.79. The molecule has 1 aromatic carbocycles. The third kappa shape index (κ3) is 1.69. The Morgan fingerprint density at radius 2 is 1.78 bits per heavy atom. The molecule has 0 fully saturated rings. The number of rotatable bonds is 1. The van der Waals surface area contributed by atoms with Crippen LogP contribution in [0.25, 0.3) is 17.2 Å². The number of nitrogens with two attached hydrogens (primary N) is 1. The van der Waals surface area contributed by atoms with Crippen molar-refractivity contribution in [2.45, 2.75) is 13.8 Å². The number of hydrogen-bond donors (Lipinski definition) is 1. The van der Waals surface area contributed by atoms with Gasteiger partial charge in [-0.1, -0.05) is 0 Å². The topological polar surface area (TPSA) is 69.1 Å². The van der Waals surface area contributed by atoms with Crippen LogP contribution in [0, 0.1) is 13.8 Å². The summed E-state index contributed by atoms with van der Waals surface area (Å²) in [5, 5.41) is 4.46. The monoisotopic (exact) mass is 239 g/mol. The second-order valence-electron chi connectivity index (χ2n) is 4.31. The van der Waals surface area contributed by atoms with Crippen LogP contribution in [-0.4, -0.2) is 19.6 Å². The summed E-state index contributed by atoms with van der Waals surface area (Å²) >= 11 is 0. The van der Waals surface area contributed by atoms with Crippen molar-refractivity contribution >= 4 is 11.5 Å². The smallest absolute Gasteiger partial charge is 0.253 e.